The molecular weight excluding hydrogens is 134 g/mol. The van der Waals surface area contributed by atoms with Gasteiger partial charge in [0, 0.05) is 5.92 Å². The van der Waals surface area contributed by atoms with Gasteiger partial charge in [-0.05, 0) is 23.9 Å². The van der Waals surface area contributed by atoms with Crippen LogP contribution in [0.1, 0.15) is 13.3 Å². The summed E-state index contributed by atoms with van der Waals surface area (Å²) >= 11 is 4.69. The monoisotopic (exact) mass is 140 g/mol. The van der Waals surface area contributed by atoms with Crippen molar-refractivity contribution in [1.29, 1.82) is 0 Å². The second-order valence-corrected chi connectivity index (χ2v) is 2.87. The lowest BCUT2D eigenvalue weighted by Gasteiger charge is -2.03. The first-order valence-electron chi connectivity index (χ1n) is 2.58. The van der Waals surface area contributed by atoms with Crippen molar-refractivity contribution in [2.24, 2.45) is 11.8 Å². The molecular formula is C5H7ClF2. The SMILES string of the molecule is CC1CC1C(F)(F)Cl. The Labute approximate surface area is 51.8 Å². The molecule has 0 aromatic rings. The summed E-state index contributed by atoms with van der Waals surface area (Å²) < 4.78 is 23.8. The van der Waals surface area contributed by atoms with Gasteiger partial charge < -0.3 is 0 Å². The Bertz CT molecular complexity index is 97.1. The molecule has 0 amide bonds. The molecule has 2 unspecified atom stereocenters. The van der Waals surface area contributed by atoms with Crippen LogP contribution in [-0.4, -0.2) is 5.38 Å². The first-order chi connectivity index (χ1) is 3.52. The fourth-order valence-electron chi connectivity index (χ4n) is 0.778. The van der Waals surface area contributed by atoms with Crippen LogP contribution in [0, 0.1) is 11.8 Å². The van der Waals surface area contributed by atoms with Crippen LogP contribution in [0.2, 0.25) is 0 Å². The molecule has 48 valence electrons. The molecule has 2 atom stereocenters. The summed E-state index contributed by atoms with van der Waals surface area (Å²) in [6, 6.07) is 0. The number of alkyl halides is 3. The van der Waals surface area contributed by atoms with Gasteiger partial charge in [-0.3, -0.25) is 0 Å². The molecule has 1 rings (SSSR count). The van der Waals surface area contributed by atoms with Crippen LogP contribution < -0.4 is 0 Å². The molecule has 0 nitrogen and oxygen atoms in total. The van der Waals surface area contributed by atoms with E-state index in [9.17, 15) is 8.78 Å². The molecule has 0 aliphatic heterocycles. The highest BCUT2D eigenvalue weighted by Crippen LogP contribution is 2.50. The molecule has 0 saturated heterocycles. The van der Waals surface area contributed by atoms with Crippen LogP contribution >= 0.6 is 11.6 Å². The van der Waals surface area contributed by atoms with E-state index in [1.807, 2.05) is 0 Å². The molecule has 0 bridgehead atoms. The van der Waals surface area contributed by atoms with Gasteiger partial charge in [0.2, 0.25) is 0 Å². The minimum atomic E-state index is -2.95. The van der Waals surface area contributed by atoms with E-state index in [0.29, 0.717) is 6.42 Å². The Balaban J connectivity index is 2.39. The van der Waals surface area contributed by atoms with Gasteiger partial charge in [0.25, 0.3) is 0 Å². The Kier molecular flexibility index (Phi) is 1.23. The third-order valence-electron chi connectivity index (χ3n) is 1.53. The lowest BCUT2D eigenvalue weighted by molar-refractivity contribution is 0.0659. The fourth-order valence-corrected chi connectivity index (χ4v) is 1.08. The molecule has 8 heavy (non-hydrogen) atoms. The summed E-state index contributed by atoms with van der Waals surface area (Å²) in [7, 11) is 0. The van der Waals surface area contributed by atoms with Crippen LogP contribution in [0.15, 0.2) is 0 Å². The molecule has 0 aromatic heterocycles. The maximum absolute atomic E-state index is 11.9. The Morgan fingerprint density at radius 3 is 2.00 bits per heavy atom. The molecule has 0 spiro atoms. The normalized spacial score (nSPS) is 37.5. The van der Waals surface area contributed by atoms with Gasteiger partial charge in [0.1, 0.15) is 0 Å². The molecule has 1 aliphatic rings. The topological polar surface area (TPSA) is 0 Å². The zero-order valence-corrected chi connectivity index (χ0v) is 5.25. The Hall–Kier alpha value is 0.150. The average molecular weight is 141 g/mol. The lowest BCUT2D eigenvalue weighted by Crippen LogP contribution is -2.09. The van der Waals surface area contributed by atoms with Crippen molar-refractivity contribution in [2.45, 2.75) is 18.7 Å². The molecule has 0 heterocycles. The summed E-state index contributed by atoms with van der Waals surface area (Å²) in [5.74, 6) is -0.424. The Morgan fingerprint density at radius 1 is 1.62 bits per heavy atom. The third kappa shape index (κ3) is 1.10. The first-order valence-corrected chi connectivity index (χ1v) is 2.96. The molecule has 0 N–H and O–H groups in total. The lowest BCUT2D eigenvalue weighted by atomic mass is 10.3. The van der Waals surface area contributed by atoms with Crippen molar-refractivity contribution < 1.29 is 8.78 Å². The third-order valence-corrected chi connectivity index (χ3v) is 1.81. The van der Waals surface area contributed by atoms with Crippen molar-refractivity contribution in [1.82, 2.24) is 0 Å². The standard InChI is InChI=1S/C5H7ClF2/c1-3-2-4(3)5(6,7)8/h3-4H,2H2,1H3. The van der Waals surface area contributed by atoms with Crippen LogP contribution in [-0.2, 0) is 0 Å². The molecule has 0 aromatic carbocycles. The van der Waals surface area contributed by atoms with Crippen LogP contribution in [0.3, 0.4) is 0 Å². The van der Waals surface area contributed by atoms with Gasteiger partial charge in [-0.1, -0.05) is 6.92 Å². The number of hydrogen-bond acceptors (Lipinski definition) is 0. The van der Waals surface area contributed by atoms with E-state index >= 15 is 0 Å². The smallest absolute Gasteiger partial charge is 0.188 e. The summed E-state index contributed by atoms with van der Waals surface area (Å²) in [5.41, 5.74) is 0. The minimum absolute atomic E-state index is 0.127. The van der Waals surface area contributed by atoms with Crippen LogP contribution in [0.4, 0.5) is 8.78 Å². The predicted octanol–water partition coefficient (Wildman–Crippen LogP) is 2.47. The first kappa shape index (κ1) is 6.27. The van der Waals surface area contributed by atoms with E-state index in [2.05, 4.69) is 0 Å². The van der Waals surface area contributed by atoms with Gasteiger partial charge in [0.05, 0.1) is 0 Å². The molecule has 3 heteroatoms. The van der Waals surface area contributed by atoms with E-state index in [0.717, 1.165) is 0 Å². The van der Waals surface area contributed by atoms with Gasteiger partial charge in [0.15, 0.2) is 0 Å². The van der Waals surface area contributed by atoms with Crippen molar-refractivity contribution in [3.05, 3.63) is 0 Å². The number of halogens is 3. The maximum atomic E-state index is 11.9. The summed E-state index contributed by atoms with van der Waals surface area (Å²) in [6.07, 6.45) is 0.580. The van der Waals surface area contributed by atoms with Gasteiger partial charge in [-0.25, -0.2) is 0 Å². The van der Waals surface area contributed by atoms with E-state index in [-0.39, 0.29) is 5.92 Å². The van der Waals surface area contributed by atoms with E-state index in [1.165, 1.54) is 0 Å². The number of hydrogen-bond donors (Lipinski definition) is 0. The average Bonchev–Trinajstić information content (AvgIpc) is 2.13. The van der Waals surface area contributed by atoms with Gasteiger partial charge in [-0.15, -0.1) is 0 Å². The van der Waals surface area contributed by atoms with Crippen molar-refractivity contribution >= 4 is 11.6 Å². The zero-order chi connectivity index (χ0) is 6.36. The molecule has 1 aliphatic carbocycles. The highest BCUT2D eigenvalue weighted by Gasteiger charge is 2.51. The zero-order valence-electron chi connectivity index (χ0n) is 4.50. The summed E-state index contributed by atoms with van der Waals surface area (Å²) in [5, 5.41) is -2.95. The summed E-state index contributed by atoms with van der Waals surface area (Å²) in [6.45, 7) is 1.78. The predicted molar refractivity (Wildman–Crippen MR) is 28.1 cm³/mol. The quantitative estimate of drug-likeness (QED) is 0.491. The molecule has 1 fully saturated rings. The summed E-state index contributed by atoms with van der Waals surface area (Å²) in [4.78, 5) is 0. The fraction of sp³-hybridized carbons (Fsp3) is 1.00. The largest absolute Gasteiger partial charge is 0.324 e. The highest BCUT2D eigenvalue weighted by atomic mass is 35.5. The molecule has 1 saturated carbocycles. The number of rotatable bonds is 1. The van der Waals surface area contributed by atoms with E-state index in [4.69, 9.17) is 11.6 Å². The second-order valence-electron chi connectivity index (χ2n) is 2.36. The van der Waals surface area contributed by atoms with Gasteiger partial charge in [-0.2, -0.15) is 8.78 Å². The maximum Gasteiger partial charge on any atom is 0.324 e. The second kappa shape index (κ2) is 1.56. The Morgan fingerprint density at radius 2 is 2.00 bits per heavy atom. The van der Waals surface area contributed by atoms with Crippen molar-refractivity contribution in [3.63, 3.8) is 0 Å². The van der Waals surface area contributed by atoms with Crippen molar-refractivity contribution in [3.8, 4) is 0 Å². The van der Waals surface area contributed by atoms with Gasteiger partial charge >= 0.3 is 5.38 Å². The van der Waals surface area contributed by atoms with Crippen molar-refractivity contribution in [2.75, 3.05) is 0 Å². The van der Waals surface area contributed by atoms with E-state index in [1.54, 1.807) is 6.92 Å². The van der Waals surface area contributed by atoms with Crippen LogP contribution in [0.5, 0.6) is 0 Å². The van der Waals surface area contributed by atoms with E-state index < -0.39 is 11.3 Å². The molecule has 0 radical (unpaired) electrons. The highest BCUT2D eigenvalue weighted by molar-refractivity contribution is 6.22. The van der Waals surface area contributed by atoms with Crippen LogP contribution in [0.25, 0.3) is 0 Å². The minimum Gasteiger partial charge on any atom is -0.188 e.